The van der Waals surface area contributed by atoms with Crippen LogP contribution in [0.25, 0.3) is 0 Å². The molecular formula is C7H14NO-. The number of nitrogens with zero attached hydrogens (tertiary/aromatic N) is 1. The zero-order valence-corrected chi connectivity index (χ0v) is 5.97. The van der Waals surface area contributed by atoms with Crippen LogP contribution in [0.4, 0.5) is 0 Å². The van der Waals surface area contributed by atoms with E-state index in [1.165, 1.54) is 11.5 Å². The molecule has 0 aromatic heterocycles. The Kier molecular flexibility index (Phi) is 2.49. The largest absolute Gasteiger partial charge is 0.785 e. The Morgan fingerprint density at radius 3 is 2.44 bits per heavy atom. The molecule has 0 N–H and O–H groups in total. The second-order valence-electron chi connectivity index (χ2n) is 2.78. The van der Waals surface area contributed by atoms with Gasteiger partial charge in [-0.15, -0.1) is 0 Å². The Hall–Kier alpha value is -0.0800. The van der Waals surface area contributed by atoms with Crippen molar-refractivity contribution in [3.8, 4) is 0 Å². The molecule has 1 heterocycles. The molecule has 0 amide bonds. The topological polar surface area (TPSA) is 26.3 Å². The van der Waals surface area contributed by atoms with E-state index in [2.05, 4.69) is 6.92 Å². The molecule has 54 valence electrons. The quantitative estimate of drug-likeness (QED) is 0.536. The van der Waals surface area contributed by atoms with Crippen molar-refractivity contribution in [2.75, 3.05) is 13.1 Å². The molecule has 0 aromatic carbocycles. The molecule has 2 heteroatoms. The lowest BCUT2D eigenvalue weighted by Gasteiger charge is -2.35. The average molecular weight is 128 g/mol. The fourth-order valence-electron chi connectivity index (χ4n) is 1.32. The van der Waals surface area contributed by atoms with Crippen LogP contribution in [0.15, 0.2) is 0 Å². The third-order valence-electron chi connectivity index (χ3n) is 2.15. The van der Waals surface area contributed by atoms with Gasteiger partial charge in [0.15, 0.2) is 0 Å². The zero-order valence-electron chi connectivity index (χ0n) is 5.97. The minimum absolute atomic E-state index is 0.762. The third kappa shape index (κ3) is 1.95. The molecule has 0 atom stereocenters. The molecule has 0 radical (unpaired) electrons. The minimum atomic E-state index is 0.762. The summed E-state index contributed by atoms with van der Waals surface area (Å²) in [6.07, 6.45) is 3.47. The summed E-state index contributed by atoms with van der Waals surface area (Å²) in [5, 5.41) is 11.8. The Bertz CT molecular complexity index is 77.0. The highest BCUT2D eigenvalue weighted by Crippen LogP contribution is 2.18. The Labute approximate surface area is 56.4 Å². The highest BCUT2D eigenvalue weighted by Gasteiger charge is 2.11. The molecule has 1 aliphatic heterocycles. The van der Waals surface area contributed by atoms with Gasteiger partial charge in [0, 0.05) is 0 Å². The maximum Gasteiger partial charge on any atom is -0.0142 e. The highest BCUT2D eigenvalue weighted by atomic mass is 16.5. The van der Waals surface area contributed by atoms with Gasteiger partial charge in [-0.2, -0.15) is 0 Å². The monoisotopic (exact) mass is 128 g/mol. The van der Waals surface area contributed by atoms with Gasteiger partial charge >= 0.3 is 0 Å². The highest BCUT2D eigenvalue weighted by molar-refractivity contribution is 4.70. The normalized spacial score (nSPS) is 24.7. The fourth-order valence-corrected chi connectivity index (χ4v) is 1.32. The Morgan fingerprint density at radius 1 is 1.44 bits per heavy atom. The molecule has 1 aliphatic rings. The van der Waals surface area contributed by atoms with Crippen molar-refractivity contribution in [2.45, 2.75) is 26.2 Å². The Balaban J connectivity index is 2.18. The number of piperidine rings is 1. The lowest BCUT2D eigenvalue weighted by Crippen LogP contribution is -2.28. The minimum Gasteiger partial charge on any atom is -0.785 e. The molecule has 0 aliphatic carbocycles. The summed E-state index contributed by atoms with van der Waals surface area (Å²) in [5.74, 6) is 0.829. The van der Waals surface area contributed by atoms with Gasteiger partial charge < -0.3 is 10.3 Å². The van der Waals surface area contributed by atoms with Gasteiger partial charge in [-0.1, -0.05) is 13.3 Å². The summed E-state index contributed by atoms with van der Waals surface area (Å²) < 4.78 is 0. The number of hydroxylamine groups is 2. The lowest BCUT2D eigenvalue weighted by atomic mass is 9.96. The molecular weight excluding hydrogens is 114 g/mol. The molecule has 1 rings (SSSR count). The first-order valence-electron chi connectivity index (χ1n) is 3.75. The first-order valence-corrected chi connectivity index (χ1v) is 3.75. The van der Waals surface area contributed by atoms with Gasteiger partial charge in [0.1, 0.15) is 0 Å². The lowest BCUT2D eigenvalue weighted by molar-refractivity contribution is 0.240. The standard InChI is InChI=1S/C7H14NO/c1-2-7-3-5-8(9)6-4-7/h7H,2-6H2,1H3/q-1. The summed E-state index contributed by atoms with van der Waals surface area (Å²) in [6, 6.07) is 0. The first kappa shape index (κ1) is 7.03. The van der Waals surface area contributed by atoms with Crippen molar-refractivity contribution in [3.05, 3.63) is 5.21 Å². The van der Waals surface area contributed by atoms with Crippen LogP contribution in [-0.4, -0.2) is 18.2 Å². The predicted octanol–water partition coefficient (Wildman–Crippen LogP) is 1.61. The van der Waals surface area contributed by atoms with Gasteiger partial charge in [-0.3, -0.25) is 0 Å². The maximum atomic E-state index is 10.6. The van der Waals surface area contributed by atoms with Gasteiger partial charge in [-0.05, 0) is 31.8 Å². The maximum absolute atomic E-state index is 10.6. The smallest absolute Gasteiger partial charge is 0.0142 e. The molecule has 0 saturated carbocycles. The van der Waals surface area contributed by atoms with E-state index in [0.717, 1.165) is 31.8 Å². The van der Waals surface area contributed by atoms with E-state index >= 15 is 0 Å². The van der Waals surface area contributed by atoms with Crippen LogP contribution in [0, 0.1) is 11.1 Å². The number of rotatable bonds is 1. The van der Waals surface area contributed by atoms with Crippen molar-refractivity contribution in [1.82, 2.24) is 5.06 Å². The number of hydrogen-bond acceptors (Lipinski definition) is 2. The van der Waals surface area contributed by atoms with Crippen LogP contribution in [0.2, 0.25) is 0 Å². The van der Waals surface area contributed by atoms with Crippen LogP contribution >= 0.6 is 0 Å². The first-order chi connectivity index (χ1) is 4.33. The second-order valence-corrected chi connectivity index (χ2v) is 2.78. The van der Waals surface area contributed by atoms with Gasteiger partial charge in [0.25, 0.3) is 0 Å². The van der Waals surface area contributed by atoms with Crippen LogP contribution in [0.3, 0.4) is 0 Å². The summed E-state index contributed by atoms with van der Waals surface area (Å²) in [6.45, 7) is 3.72. The van der Waals surface area contributed by atoms with Crippen molar-refractivity contribution in [1.29, 1.82) is 0 Å². The third-order valence-corrected chi connectivity index (χ3v) is 2.15. The van der Waals surface area contributed by atoms with Crippen LogP contribution in [-0.2, 0) is 0 Å². The van der Waals surface area contributed by atoms with Crippen LogP contribution in [0.1, 0.15) is 26.2 Å². The summed E-state index contributed by atoms with van der Waals surface area (Å²) in [4.78, 5) is 0. The van der Waals surface area contributed by atoms with E-state index in [9.17, 15) is 5.21 Å². The van der Waals surface area contributed by atoms with Gasteiger partial charge in [0.05, 0.1) is 0 Å². The second kappa shape index (κ2) is 3.18. The number of hydrogen-bond donors (Lipinski definition) is 0. The SMILES string of the molecule is CCC1CCN([O-])CC1. The molecule has 9 heavy (non-hydrogen) atoms. The van der Waals surface area contributed by atoms with Crippen molar-refractivity contribution >= 4 is 0 Å². The fraction of sp³-hybridized carbons (Fsp3) is 1.00. The van der Waals surface area contributed by atoms with Crippen molar-refractivity contribution in [3.63, 3.8) is 0 Å². The predicted molar refractivity (Wildman–Crippen MR) is 38.0 cm³/mol. The average Bonchev–Trinajstić information content (AvgIpc) is 1.90. The summed E-state index contributed by atoms with van der Waals surface area (Å²) >= 11 is 0. The Morgan fingerprint density at radius 2 is 2.00 bits per heavy atom. The van der Waals surface area contributed by atoms with Crippen molar-refractivity contribution < 1.29 is 0 Å². The van der Waals surface area contributed by atoms with Gasteiger partial charge in [-0.25, -0.2) is 0 Å². The van der Waals surface area contributed by atoms with Crippen LogP contribution in [0.5, 0.6) is 0 Å². The van der Waals surface area contributed by atoms with E-state index in [1.807, 2.05) is 0 Å². The zero-order chi connectivity index (χ0) is 6.69. The van der Waals surface area contributed by atoms with Crippen molar-refractivity contribution in [2.24, 2.45) is 5.92 Å². The van der Waals surface area contributed by atoms with Gasteiger partial charge in [0.2, 0.25) is 0 Å². The van der Waals surface area contributed by atoms with E-state index in [-0.39, 0.29) is 0 Å². The van der Waals surface area contributed by atoms with E-state index in [0.29, 0.717) is 0 Å². The molecule has 0 spiro atoms. The molecule has 0 unspecified atom stereocenters. The summed E-state index contributed by atoms with van der Waals surface area (Å²) in [7, 11) is 0. The molecule has 2 nitrogen and oxygen atoms in total. The van der Waals surface area contributed by atoms with E-state index < -0.39 is 0 Å². The molecule has 0 bridgehead atoms. The van der Waals surface area contributed by atoms with Crippen LogP contribution < -0.4 is 0 Å². The van der Waals surface area contributed by atoms with E-state index in [4.69, 9.17) is 0 Å². The van der Waals surface area contributed by atoms with E-state index in [1.54, 1.807) is 0 Å². The molecule has 1 saturated heterocycles. The molecule has 1 fully saturated rings. The molecule has 0 aromatic rings. The summed E-state index contributed by atoms with van der Waals surface area (Å²) in [5.41, 5.74) is 0.